The van der Waals surface area contributed by atoms with E-state index in [-0.39, 0.29) is 17.0 Å². The molecule has 0 aliphatic carbocycles. The topological polar surface area (TPSA) is 82.8 Å². The van der Waals surface area contributed by atoms with Crippen molar-refractivity contribution in [1.29, 1.82) is 0 Å². The van der Waals surface area contributed by atoms with Crippen molar-refractivity contribution in [2.24, 2.45) is 0 Å². The molecule has 0 bridgehead atoms. The second-order valence-corrected chi connectivity index (χ2v) is 7.07. The Hall–Kier alpha value is -3.28. The smallest absolute Gasteiger partial charge is 0.337 e. The molecule has 6 heteroatoms. The lowest BCUT2D eigenvalue weighted by Crippen LogP contribution is -2.23. The average Bonchev–Trinajstić information content (AvgIpc) is 2.69. The van der Waals surface area contributed by atoms with E-state index in [4.69, 9.17) is 4.42 Å². The zero-order valence-corrected chi connectivity index (χ0v) is 17.2. The number of fused-ring (bicyclic) bond motifs is 1. The molecular weight excluding hydrogens is 368 g/mol. The fourth-order valence-corrected chi connectivity index (χ4v) is 3.54. The van der Waals surface area contributed by atoms with E-state index in [2.05, 4.69) is 5.32 Å². The van der Waals surface area contributed by atoms with Gasteiger partial charge < -0.3 is 19.7 Å². The van der Waals surface area contributed by atoms with Gasteiger partial charge in [0.25, 0.3) is 0 Å². The van der Waals surface area contributed by atoms with Crippen molar-refractivity contribution in [1.82, 2.24) is 0 Å². The van der Waals surface area contributed by atoms with Gasteiger partial charge in [-0.25, -0.2) is 4.79 Å². The van der Waals surface area contributed by atoms with E-state index in [1.807, 2.05) is 44.7 Å². The van der Waals surface area contributed by atoms with Gasteiger partial charge in [0.15, 0.2) is 11.3 Å². The van der Waals surface area contributed by atoms with Crippen LogP contribution in [0.3, 0.4) is 0 Å². The molecule has 6 nitrogen and oxygen atoms in total. The Morgan fingerprint density at radius 3 is 2.52 bits per heavy atom. The molecule has 0 amide bonds. The summed E-state index contributed by atoms with van der Waals surface area (Å²) in [5, 5.41) is 13.2. The minimum Gasteiger partial charge on any atom is -0.478 e. The summed E-state index contributed by atoms with van der Waals surface area (Å²) in [6.07, 6.45) is 0. The number of carboxylic acids is 1. The van der Waals surface area contributed by atoms with Crippen molar-refractivity contribution in [3.05, 3.63) is 69.4 Å². The maximum Gasteiger partial charge on any atom is 0.337 e. The molecule has 0 spiro atoms. The van der Waals surface area contributed by atoms with Crippen LogP contribution < -0.4 is 15.6 Å². The molecule has 0 radical (unpaired) electrons. The molecule has 0 saturated carbocycles. The van der Waals surface area contributed by atoms with Crippen LogP contribution in [0.25, 0.3) is 11.0 Å². The Balaban J connectivity index is 2.13. The van der Waals surface area contributed by atoms with Crippen LogP contribution in [0.1, 0.15) is 48.3 Å². The fourth-order valence-electron chi connectivity index (χ4n) is 3.54. The summed E-state index contributed by atoms with van der Waals surface area (Å²) in [5.41, 5.74) is 2.90. The number of hydrogen-bond donors (Lipinski definition) is 2. The summed E-state index contributed by atoms with van der Waals surface area (Å²) < 4.78 is 6.18. The van der Waals surface area contributed by atoms with Crippen LogP contribution >= 0.6 is 0 Å². The lowest BCUT2D eigenvalue weighted by atomic mass is 10.0. The van der Waals surface area contributed by atoms with Gasteiger partial charge in [-0.3, -0.25) is 4.79 Å². The van der Waals surface area contributed by atoms with Crippen molar-refractivity contribution in [3.63, 3.8) is 0 Å². The molecule has 3 rings (SSSR count). The molecule has 152 valence electrons. The molecular formula is C23H26N2O4. The lowest BCUT2D eigenvalue weighted by molar-refractivity contribution is 0.0698. The summed E-state index contributed by atoms with van der Waals surface area (Å²) >= 11 is 0. The number of benzene rings is 2. The molecule has 0 saturated heterocycles. The number of hydrogen-bond acceptors (Lipinski definition) is 5. The SMILES string of the molecule is CCN(CC)c1cc(=O)c2cc(C)cc([C@@H](C)Nc3ccccc3C(=O)O)c2o1. The number of aryl methyl sites for hydroxylation is 1. The molecule has 3 aromatic rings. The van der Waals surface area contributed by atoms with Gasteiger partial charge in [-0.05, 0) is 51.5 Å². The Kier molecular flexibility index (Phi) is 5.92. The molecule has 29 heavy (non-hydrogen) atoms. The van der Waals surface area contributed by atoms with Gasteiger partial charge in [0.2, 0.25) is 0 Å². The van der Waals surface area contributed by atoms with Crippen LogP contribution in [0.5, 0.6) is 0 Å². The van der Waals surface area contributed by atoms with Gasteiger partial charge in [-0.2, -0.15) is 0 Å². The number of rotatable bonds is 7. The van der Waals surface area contributed by atoms with Crippen molar-refractivity contribution < 1.29 is 14.3 Å². The third-order valence-electron chi connectivity index (χ3n) is 5.06. The van der Waals surface area contributed by atoms with Gasteiger partial charge in [-0.1, -0.05) is 18.2 Å². The van der Waals surface area contributed by atoms with Gasteiger partial charge in [0.1, 0.15) is 5.58 Å². The first kappa shape index (κ1) is 20.5. The lowest BCUT2D eigenvalue weighted by Gasteiger charge is -2.22. The van der Waals surface area contributed by atoms with Crippen LogP contribution in [0.2, 0.25) is 0 Å². The summed E-state index contributed by atoms with van der Waals surface area (Å²) in [6.45, 7) is 9.33. The van der Waals surface area contributed by atoms with E-state index in [9.17, 15) is 14.7 Å². The van der Waals surface area contributed by atoms with Gasteiger partial charge >= 0.3 is 5.97 Å². The third kappa shape index (κ3) is 4.11. The molecule has 1 aromatic heterocycles. The Bertz CT molecular complexity index is 1100. The number of carboxylic acid groups (broad SMARTS) is 1. The minimum atomic E-state index is -0.996. The maximum absolute atomic E-state index is 12.8. The Morgan fingerprint density at radius 2 is 1.86 bits per heavy atom. The van der Waals surface area contributed by atoms with Crippen LogP contribution in [0.15, 0.2) is 51.7 Å². The molecule has 1 atom stereocenters. The predicted octanol–water partition coefficient (Wildman–Crippen LogP) is 4.82. The number of aromatic carboxylic acids is 1. The van der Waals surface area contributed by atoms with Crippen LogP contribution in [0, 0.1) is 6.92 Å². The van der Waals surface area contributed by atoms with Gasteiger partial charge in [0.05, 0.1) is 17.0 Å². The molecule has 2 aromatic carbocycles. The Morgan fingerprint density at radius 1 is 1.17 bits per heavy atom. The number of nitrogens with zero attached hydrogens (tertiary/aromatic N) is 1. The van der Waals surface area contributed by atoms with E-state index >= 15 is 0 Å². The first-order valence-corrected chi connectivity index (χ1v) is 9.77. The van der Waals surface area contributed by atoms with Crippen LogP contribution in [-0.2, 0) is 0 Å². The summed E-state index contributed by atoms with van der Waals surface area (Å²) in [7, 11) is 0. The highest BCUT2D eigenvalue weighted by molar-refractivity contribution is 5.94. The van der Waals surface area contributed by atoms with Crippen LogP contribution in [-0.4, -0.2) is 24.2 Å². The first-order valence-electron chi connectivity index (χ1n) is 9.77. The van der Waals surface area contributed by atoms with E-state index in [1.165, 1.54) is 6.07 Å². The second kappa shape index (κ2) is 8.39. The standard InChI is InChI=1S/C23H26N2O4/c1-5-25(6-2)21-13-20(26)18-12-14(3)11-17(22(18)29-21)15(4)24-19-10-8-7-9-16(19)23(27)28/h7-13,15,24H,5-6H2,1-4H3,(H,27,28)/t15-/m1/s1. The van der Waals surface area contributed by atoms with Crippen molar-refractivity contribution in [2.75, 3.05) is 23.3 Å². The number of carbonyl (C=O) groups is 1. The largest absolute Gasteiger partial charge is 0.478 e. The highest BCUT2D eigenvalue weighted by Crippen LogP contribution is 2.30. The van der Waals surface area contributed by atoms with E-state index in [0.29, 0.717) is 22.5 Å². The summed E-state index contributed by atoms with van der Waals surface area (Å²) in [4.78, 5) is 26.3. The highest BCUT2D eigenvalue weighted by atomic mass is 16.4. The molecule has 2 N–H and O–H groups in total. The fraction of sp³-hybridized carbons (Fsp3) is 0.304. The normalized spacial score (nSPS) is 12.0. The number of nitrogens with one attached hydrogen (secondary N) is 1. The monoisotopic (exact) mass is 394 g/mol. The minimum absolute atomic E-state index is 0.0868. The van der Waals surface area contributed by atoms with E-state index in [0.717, 1.165) is 24.2 Å². The molecule has 0 unspecified atom stereocenters. The molecule has 0 fully saturated rings. The highest BCUT2D eigenvalue weighted by Gasteiger charge is 2.19. The third-order valence-corrected chi connectivity index (χ3v) is 5.06. The van der Waals surface area contributed by atoms with Gasteiger partial charge in [0, 0.05) is 30.4 Å². The zero-order valence-electron chi connectivity index (χ0n) is 17.2. The predicted molar refractivity (Wildman–Crippen MR) is 116 cm³/mol. The molecule has 1 heterocycles. The van der Waals surface area contributed by atoms with Crippen molar-refractivity contribution >= 4 is 28.5 Å². The number of para-hydroxylation sites is 1. The average molecular weight is 394 g/mol. The van der Waals surface area contributed by atoms with Crippen molar-refractivity contribution in [3.8, 4) is 0 Å². The zero-order chi connectivity index (χ0) is 21.1. The first-order chi connectivity index (χ1) is 13.8. The summed E-state index contributed by atoms with van der Waals surface area (Å²) in [5.74, 6) is -0.458. The second-order valence-electron chi connectivity index (χ2n) is 7.07. The van der Waals surface area contributed by atoms with E-state index < -0.39 is 5.97 Å². The Labute approximate surface area is 169 Å². The quantitative estimate of drug-likeness (QED) is 0.598. The molecule has 0 aliphatic heterocycles. The summed E-state index contributed by atoms with van der Waals surface area (Å²) in [6, 6.07) is 11.8. The number of anilines is 2. The maximum atomic E-state index is 12.8. The van der Waals surface area contributed by atoms with E-state index in [1.54, 1.807) is 24.3 Å². The van der Waals surface area contributed by atoms with Gasteiger partial charge in [-0.15, -0.1) is 0 Å². The molecule has 0 aliphatic rings. The van der Waals surface area contributed by atoms with Crippen molar-refractivity contribution in [2.45, 2.75) is 33.7 Å². The van der Waals surface area contributed by atoms with Crippen LogP contribution in [0.4, 0.5) is 11.6 Å².